The molecule has 1 atom stereocenters. The lowest BCUT2D eigenvalue weighted by Gasteiger charge is -2.31. The first-order valence-corrected chi connectivity index (χ1v) is 5.60. The Morgan fingerprint density at radius 1 is 1.31 bits per heavy atom. The predicted octanol–water partition coefficient (Wildman–Crippen LogP) is 3.03. The molecule has 90 valence electrons. The van der Waals surface area contributed by atoms with Gasteiger partial charge in [-0.15, -0.1) is 0 Å². The van der Waals surface area contributed by atoms with Crippen LogP contribution >= 0.6 is 0 Å². The lowest BCUT2D eigenvalue weighted by atomic mass is 9.91. The molecule has 1 rings (SSSR count). The largest absolute Gasteiger partial charge is 0.394 e. The van der Waals surface area contributed by atoms with E-state index in [9.17, 15) is 9.50 Å². The Hall–Kier alpha value is -1.09. The number of halogens is 1. The van der Waals surface area contributed by atoms with Gasteiger partial charge in [-0.25, -0.2) is 4.39 Å². The normalized spacial score (nSPS) is 14.9. The molecular weight excluding hydrogens is 205 g/mol. The van der Waals surface area contributed by atoms with E-state index >= 15 is 0 Å². The van der Waals surface area contributed by atoms with Crippen molar-refractivity contribution in [2.75, 3.05) is 11.9 Å². The summed E-state index contributed by atoms with van der Waals surface area (Å²) in [4.78, 5) is 0. The van der Waals surface area contributed by atoms with Crippen LogP contribution in [0.25, 0.3) is 0 Å². The Balaban J connectivity index is 2.72. The van der Waals surface area contributed by atoms with Gasteiger partial charge in [0.15, 0.2) is 0 Å². The van der Waals surface area contributed by atoms with Gasteiger partial charge in [0.05, 0.1) is 12.1 Å². The van der Waals surface area contributed by atoms with E-state index in [1.54, 1.807) is 12.1 Å². The van der Waals surface area contributed by atoms with Crippen molar-refractivity contribution >= 4 is 5.69 Å². The topological polar surface area (TPSA) is 32.3 Å². The minimum Gasteiger partial charge on any atom is -0.394 e. The van der Waals surface area contributed by atoms with E-state index in [-0.39, 0.29) is 18.0 Å². The minimum absolute atomic E-state index is 0.0581. The molecule has 0 aliphatic rings. The lowest BCUT2D eigenvalue weighted by Crippen LogP contribution is -2.40. The fourth-order valence-electron chi connectivity index (χ4n) is 1.94. The highest BCUT2D eigenvalue weighted by Crippen LogP contribution is 2.22. The van der Waals surface area contributed by atoms with Crippen LogP contribution in [-0.4, -0.2) is 17.3 Å². The fraction of sp³-hybridized carbons (Fsp3) is 0.538. The lowest BCUT2D eigenvalue weighted by molar-refractivity contribution is 0.202. The van der Waals surface area contributed by atoms with Crippen molar-refractivity contribution in [3.8, 4) is 0 Å². The van der Waals surface area contributed by atoms with Crippen LogP contribution in [0, 0.1) is 11.7 Å². The zero-order valence-corrected chi connectivity index (χ0v) is 10.1. The minimum atomic E-state index is -0.355. The van der Waals surface area contributed by atoms with Crippen molar-refractivity contribution in [1.82, 2.24) is 0 Å². The van der Waals surface area contributed by atoms with Gasteiger partial charge in [0.25, 0.3) is 0 Å². The van der Waals surface area contributed by atoms with E-state index in [0.29, 0.717) is 5.92 Å². The molecule has 0 amide bonds. The third-order valence-electron chi connectivity index (χ3n) is 2.50. The second-order valence-electron chi connectivity index (χ2n) is 4.95. The average Bonchev–Trinajstić information content (AvgIpc) is 2.20. The maximum absolute atomic E-state index is 12.7. The Kier molecular flexibility index (Phi) is 4.30. The van der Waals surface area contributed by atoms with Gasteiger partial charge in [0, 0.05) is 5.69 Å². The molecule has 2 nitrogen and oxygen atoms in total. The number of aliphatic hydroxyl groups excluding tert-OH is 1. The number of benzene rings is 1. The third kappa shape index (κ3) is 3.81. The van der Waals surface area contributed by atoms with Gasteiger partial charge in [-0.05, 0) is 43.5 Å². The van der Waals surface area contributed by atoms with Crippen LogP contribution in [0.4, 0.5) is 10.1 Å². The Morgan fingerprint density at radius 2 is 1.88 bits per heavy atom. The summed E-state index contributed by atoms with van der Waals surface area (Å²) in [5.74, 6) is 0.241. The van der Waals surface area contributed by atoms with Crippen molar-refractivity contribution in [2.45, 2.75) is 32.7 Å². The Morgan fingerprint density at radius 3 is 2.31 bits per heavy atom. The molecule has 2 N–H and O–H groups in total. The van der Waals surface area contributed by atoms with E-state index in [1.165, 1.54) is 12.1 Å². The first-order chi connectivity index (χ1) is 7.45. The van der Waals surface area contributed by atoms with Crippen molar-refractivity contribution in [3.63, 3.8) is 0 Å². The summed E-state index contributed by atoms with van der Waals surface area (Å²) in [6, 6.07) is 6.19. The number of hydrogen-bond donors (Lipinski definition) is 2. The quantitative estimate of drug-likeness (QED) is 0.807. The second kappa shape index (κ2) is 5.30. The van der Waals surface area contributed by atoms with Crippen LogP contribution in [0.15, 0.2) is 24.3 Å². The third-order valence-corrected chi connectivity index (χ3v) is 2.50. The van der Waals surface area contributed by atoms with Crippen LogP contribution < -0.4 is 5.32 Å². The predicted molar refractivity (Wildman–Crippen MR) is 65.0 cm³/mol. The molecule has 0 saturated heterocycles. The molecule has 0 spiro atoms. The van der Waals surface area contributed by atoms with Crippen LogP contribution in [0.1, 0.15) is 27.2 Å². The van der Waals surface area contributed by atoms with E-state index in [2.05, 4.69) is 19.2 Å². The van der Waals surface area contributed by atoms with Gasteiger partial charge in [0.2, 0.25) is 0 Å². The number of aliphatic hydroxyl groups is 1. The van der Waals surface area contributed by atoms with E-state index in [0.717, 1.165) is 12.1 Å². The number of rotatable bonds is 5. The molecule has 0 radical (unpaired) electrons. The SMILES string of the molecule is CC(C)CC(C)(CO)Nc1ccc(F)cc1. The van der Waals surface area contributed by atoms with Gasteiger partial charge < -0.3 is 10.4 Å². The standard InChI is InChI=1S/C13H20FNO/c1-10(2)8-13(3,9-16)15-12-6-4-11(14)5-7-12/h4-7,10,15-16H,8-9H2,1-3H3. The van der Waals surface area contributed by atoms with Gasteiger partial charge >= 0.3 is 0 Å². The summed E-state index contributed by atoms with van der Waals surface area (Å²) in [6.07, 6.45) is 0.862. The molecule has 3 heteroatoms. The summed E-state index contributed by atoms with van der Waals surface area (Å²) in [7, 11) is 0. The smallest absolute Gasteiger partial charge is 0.123 e. The molecule has 0 aliphatic carbocycles. The van der Waals surface area contributed by atoms with Crippen molar-refractivity contribution < 1.29 is 9.50 Å². The highest BCUT2D eigenvalue weighted by molar-refractivity contribution is 5.45. The molecule has 0 bridgehead atoms. The number of anilines is 1. The molecular formula is C13H20FNO. The van der Waals surface area contributed by atoms with Crippen molar-refractivity contribution in [3.05, 3.63) is 30.1 Å². The number of hydrogen-bond acceptors (Lipinski definition) is 2. The highest BCUT2D eigenvalue weighted by atomic mass is 19.1. The van der Waals surface area contributed by atoms with Crippen LogP contribution in [0.2, 0.25) is 0 Å². The summed E-state index contributed by atoms with van der Waals surface area (Å²) < 4.78 is 12.7. The van der Waals surface area contributed by atoms with Gasteiger partial charge in [-0.2, -0.15) is 0 Å². The maximum atomic E-state index is 12.7. The maximum Gasteiger partial charge on any atom is 0.123 e. The monoisotopic (exact) mass is 225 g/mol. The van der Waals surface area contributed by atoms with E-state index in [4.69, 9.17) is 0 Å². The number of nitrogens with one attached hydrogen (secondary N) is 1. The molecule has 0 saturated carbocycles. The first-order valence-electron chi connectivity index (χ1n) is 5.60. The summed E-state index contributed by atoms with van der Waals surface area (Å²) in [5, 5.41) is 12.7. The molecule has 1 aromatic carbocycles. The zero-order chi connectivity index (χ0) is 12.2. The van der Waals surface area contributed by atoms with Gasteiger partial charge in [-0.3, -0.25) is 0 Å². The van der Waals surface area contributed by atoms with Crippen LogP contribution in [0.5, 0.6) is 0 Å². The summed E-state index contributed by atoms with van der Waals surface area (Å²) in [6.45, 7) is 6.25. The zero-order valence-electron chi connectivity index (χ0n) is 10.1. The molecule has 0 fully saturated rings. The Labute approximate surface area is 96.5 Å². The fourth-order valence-corrected chi connectivity index (χ4v) is 1.94. The molecule has 1 aromatic rings. The van der Waals surface area contributed by atoms with E-state index < -0.39 is 0 Å². The van der Waals surface area contributed by atoms with Gasteiger partial charge in [0.1, 0.15) is 5.82 Å². The van der Waals surface area contributed by atoms with Gasteiger partial charge in [-0.1, -0.05) is 13.8 Å². The van der Waals surface area contributed by atoms with Crippen molar-refractivity contribution in [2.24, 2.45) is 5.92 Å². The summed E-state index contributed by atoms with van der Waals surface area (Å²) >= 11 is 0. The Bertz CT molecular complexity index is 323. The summed E-state index contributed by atoms with van der Waals surface area (Å²) in [5.41, 5.74) is 0.477. The molecule has 1 unspecified atom stereocenters. The van der Waals surface area contributed by atoms with E-state index in [1.807, 2.05) is 6.92 Å². The average molecular weight is 225 g/mol. The first kappa shape index (κ1) is 13.0. The molecule has 0 heterocycles. The molecule has 16 heavy (non-hydrogen) atoms. The van der Waals surface area contributed by atoms with Crippen LogP contribution in [-0.2, 0) is 0 Å². The van der Waals surface area contributed by atoms with Crippen molar-refractivity contribution in [1.29, 1.82) is 0 Å². The molecule has 0 aliphatic heterocycles. The second-order valence-corrected chi connectivity index (χ2v) is 4.95. The highest BCUT2D eigenvalue weighted by Gasteiger charge is 2.24. The molecule has 0 aromatic heterocycles. The van der Waals surface area contributed by atoms with Crippen LogP contribution in [0.3, 0.4) is 0 Å².